The van der Waals surface area contributed by atoms with Crippen LogP contribution in [0.15, 0.2) is 107 Å². The molecule has 3 atom stereocenters. The Hall–Kier alpha value is -3.78. The molecule has 0 radical (unpaired) electrons. The summed E-state index contributed by atoms with van der Waals surface area (Å²) >= 11 is 0. The summed E-state index contributed by atoms with van der Waals surface area (Å²) in [7, 11) is 0. The highest BCUT2D eigenvalue weighted by Crippen LogP contribution is 2.44. The highest BCUT2D eigenvalue weighted by Gasteiger charge is 2.46. The van der Waals surface area contributed by atoms with Crippen molar-refractivity contribution >= 4 is 0 Å². The minimum absolute atomic E-state index is 0.285. The van der Waals surface area contributed by atoms with Crippen molar-refractivity contribution < 1.29 is 14.6 Å². The van der Waals surface area contributed by atoms with Gasteiger partial charge in [0, 0.05) is 18.2 Å². The van der Waals surface area contributed by atoms with E-state index in [9.17, 15) is 14.7 Å². The van der Waals surface area contributed by atoms with Gasteiger partial charge in [-0.25, -0.2) is 4.79 Å². The zero-order valence-electron chi connectivity index (χ0n) is 19.9. The molecule has 36 heavy (non-hydrogen) atoms. The molecule has 1 aliphatic rings. The number of benzene rings is 3. The number of aliphatic hydroxyl groups is 1. The van der Waals surface area contributed by atoms with Gasteiger partial charge in [-0.2, -0.15) is 0 Å². The molecule has 7 nitrogen and oxygen atoms in total. The summed E-state index contributed by atoms with van der Waals surface area (Å²) in [6, 6.07) is 29.9. The van der Waals surface area contributed by atoms with Gasteiger partial charge in [-0.15, -0.1) is 0 Å². The molecule has 0 spiro atoms. The zero-order chi connectivity index (χ0) is 25.1. The summed E-state index contributed by atoms with van der Waals surface area (Å²) in [4.78, 5) is 26.8. The van der Waals surface area contributed by atoms with Gasteiger partial charge in [0.2, 0.25) is 0 Å². The van der Waals surface area contributed by atoms with E-state index in [-0.39, 0.29) is 6.61 Å². The lowest BCUT2D eigenvalue weighted by molar-refractivity contribution is -0.0994. The summed E-state index contributed by atoms with van der Waals surface area (Å²) in [5, 5.41) is 10.2. The van der Waals surface area contributed by atoms with E-state index in [1.807, 2.05) is 91.0 Å². The Kier molecular flexibility index (Phi) is 6.69. The molecule has 0 bridgehead atoms. The third-order valence-electron chi connectivity index (χ3n) is 6.69. The van der Waals surface area contributed by atoms with Crippen LogP contribution in [0, 0.1) is 6.92 Å². The van der Waals surface area contributed by atoms with Gasteiger partial charge < -0.3 is 14.6 Å². The normalized spacial score (nSPS) is 19.9. The van der Waals surface area contributed by atoms with Gasteiger partial charge in [-0.1, -0.05) is 91.0 Å². The Morgan fingerprint density at radius 1 is 0.917 bits per heavy atom. The van der Waals surface area contributed by atoms with E-state index in [0.29, 0.717) is 12.0 Å². The van der Waals surface area contributed by atoms with Crippen molar-refractivity contribution in [2.75, 3.05) is 6.61 Å². The third kappa shape index (κ3) is 4.33. The Bertz CT molecular complexity index is 1320. The van der Waals surface area contributed by atoms with Crippen LogP contribution in [0.4, 0.5) is 0 Å². The van der Waals surface area contributed by atoms with Crippen molar-refractivity contribution in [2.24, 2.45) is 0 Å². The third-order valence-corrected chi connectivity index (χ3v) is 6.69. The number of aliphatic hydroxyl groups excluding tert-OH is 1. The SMILES string of the molecule is Cc1cn([C@H]2C[C@H](OC(c3ccccc3)(c3ccccc3)c3ccccc3)[C@@H](CO)O2)c(=O)[nH]c1=O. The summed E-state index contributed by atoms with van der Waals surface area (Å²) in [6.07, 6.45) is -0.133. The largest absolute Gasteiger partial charge is 0.394 e. The van der Waals surface area contributed by atoms with Crippen LogP contribution in [0.1, 0.15) is 34.9 Å². The van der Waals surface area contributed by atoms with Gasteiger partial charge in [0.25, 0.3) is 5.56 Å². The number of aromatic amines is 1. The fraction of sp³-hybridized carbons (Fsp3) is 0.241. The van der Waals surface area contributed by atoms with Crippen LogP contribution < -0.4 is 11.2 Å². The van der Waals surface area contributed by atoms with Crippen LogP contribution in [-0.2, 0) is 15.1 Å². The lowest BCUT2D eigenvalue weighted by atomic mass is 9.79. The van der Waals surface area contributed by atoms with Crippen molar-refractivity contribution in [3.05, 3.63) is 140 Å². The first-order valence-electron chi connectivity index (χ1n) is 12.0. The monoisotopic (exact) mass is 484 g/mol. The van der Waals surface area contributed by atoms with E-state index in [0.717, 1.165) is 16.7 Å². The number of aromatic nitrogens is 2. The van der Waals surface area contributed by atoms with Crippen molar-refractivity contribution in [1.29, 1.82) is 0 Å². The number of aryl methyl sites for hydroxylation is 1. The van der Waals surface area contributed by atoms with Crippen molar-refractivity contribution in [1.82, 2.24) is 9.55 Å². The van der Waals surface area contributed by atoms with E-state index in [2.05, 4.69) is 4.98 Å². The molecule has 0 aliphatic carbocycles. The zero-order valence-corrected chi connectivity index (χ0v) is 19.9. The molecule has 5 rings (SSSR count). The number of nitrogens with one attached hydrogen (secondary N) is 1. The first kappa shape index (κ1) is 23.9. The number of nitrogens with zero attached hydrogens (tertiary/aromatic N) is 1. The molecule has 1 saturated heterocycles. The fourth-order valence-electron chi connectivity index (χ4n) is 4.91. The topological polar surface area (TPSA) is 93.6 Å². The Morgan fingerprint density at radius 3 is 1.89 bits per heavy atom. The van der Waals surface area contributed by atoms with Crippen molar-refractivity contribution in [3.63, 3.8) is 0 Å². The van der Waals surface area contributed by atoms with E-state index in [1.165, 1.54) is 10.8 Å². The van der Waals surface area contributed by atoms with Gasteiger partial charge >= 0.3 is 5.69 Å². The Morgan fingerprint density at radius 2 is 1.42 bits per heavy atom. The van der Waals surface area contributed by atoms with E-state index in [4.69, 9.17) is 9.47 Å². The second kappa shape index (κ2) is 10.1. The second-order valence-corrected chi connectivity index (χ2v) is 8.96. The fourth-order valence-corrected chi connectivity index (χ4v) is 4.91. The van der Waals surface area contributed by atoms with Crippen LogP contribution >= 0.6 is 0 Å². The Labute approximate surface area is 208 Å². The van der Waals surface area contributed by atoms with Crippen LogP contribution in [0.3, 0.4) is 0 Å². The van der Waals surface area contributed by atoms with Crippen LogP contribution in [-0.4, -0.2) is 33.5 Å². The number of H-pyrrole nitrogens is 1. The Balaban J connectivity index is 1.62. The molecule has 0 unspecified atom stereocenters. The number of hydrogen-bond acceptors (Lipinski definition) is 5. The van der Waals surface area contributed by atoms with E-state index >= 15 is 0 Å². The summed E-state index contributed by atoms with van der Waals surface area (Å²) in [6.45, 7) is 1.35. The first-order valence-corrected chi connectivity index (χ1v) is 12.0. The average molecular weight is 485 g/mol. The molecule has 0 amide bonds. The molecule has 7 heteroatoms. The van der Waals surface area contributed by atoms with Gasteiger partial charge in [0.05, 0.1) is 12.7 Å². The number of ether oxygens (including phenoxy) is 2. The first-order chi connectivity index (χ1) is 17.5. The maximum atomic E-state index is 12.6. The van der Waals surface area contributed by atoms with Crippen LogP contribution in [0.25, 0.3) is 0 Å². The smallest absolute Gasteiger partial charge is 0.330 e. The molecule has 1 aliphatic heterocycles. The number of rotatable bonds is 7. The molecule has 2 N–H and O–H groups in total. The van der Waals surface area contributed by atoms with Gasteiger partial charge in [0.1, 0.15) is 17.9 Å². The molecular formula is C29H28N2O5. The van der Waals surface area contributed by atoms with Gasteiger partial charge in [0.15, 0.2) is 0 Å². The van der Waals surface area contributed by atoms with Crippen molar-refractivity contribution in [3.8, 4) is 0 Å². The minimum atomic E-state index is -0.994. The lowest BCUT2D eigenvalue weighted by Gasteiger charge is -2.39. The second-order valence-electron chi connectivity index (χ2n) is 8.96. The van der Waals surface area contributed by atoms with E-state index < -0.39 is 35.3 Å². The lowest BCUT2D eigenvalue weighted by Crippen LogP contribution is -2.40. The molecule has 184 valence electrons. The quantitative estimate of drug-likeness (QED) is 0.392. The maximum Gasteiger partial charge on any atom is 0.330 e. The van der Waals surface area contributed by atoms with Gasteiger partial charge in [-0.3, -0.25) is 14.3 Å². The van der Waals surface area contributed by atoms with Crippen LogP contribution in [0.5, 0.6) is 0 Å². The van der Waals surface area contributed by atoms with Crippen molar-refractivity contribution in [2.45, 2.75) is 37.4 Å². The minimum Gasteiger partial charge on any atom is -0.394 e. The van der Waals surface area contributed by atoms with Crippen LogP contribution in [0.2, 0.25) is 0 Å². The predicted molar refractivity (Wildman–Crippen MR) is 136 cm³/mol. The molecule has 4 aromatic rings. The standard InChI is InChI=1S/C29H28N2O5/c1-20-18-31(28(34)30-27(20)33)26-17-24(25(19-32)35-26)36-29(21-11-5-2-6-12-21,22-13-7-3-8-14-22)23-15-9-4-10-16-23/h2-16,18,24-26,32H,17,19H2,1H3,(H,30,33,34)/t24-,25+,26+/m0/s1. The van der Waals surface area contributed by atoms with Gasteiger partial charge in [-0.05, 0) is 23.6 Å². The summed E-state index contributed by atoms with van der Waals surface area (Å²) < 4.78 is 14.5. The predicted octanol–water partition coefficient (Wildman–Crippen LogP) is 3.50. The molecule has 2 heterocycles. The molecular weight excluding hydrogens is 456 g/mol. The molecule has 1 fully saturated rings. The molecule has 1 aromatic heterocycles. The highest BCUT2D eigenvalue weighted by atomic mass is 16.6. The highest BCUT2D eigenvalue weighted by molar-refractivity contribution is 5.47. The summed E-state index contributed by atoms with van der Waals surface area (Å²) in [5.74, 6) is 0. The maximum absolute atomic E-state index is 12.6. The van der Waals surface area contributed by atoms with E-state index in [1.54, 1.807) is 6.92 Å². The number of hydrogen-bond donors (Lipinski definition) is 2. The average Bonchev–Trinajstić information content (AvgIpc) is 3.33. The molecule has 3 aromatic carbocycles. The summed E-state index contributed by atoms with van der Waals surface area (Å²) in [5.41, 5.74) is 1.20. The molecule has 0 saturated carbocycles.